The molecule has 0 aromatic rings. The van der Waals surface area contributed by atoms with Crippen molar-refractivity contribution in [2.75, 3.05) is 13.7 Å². The van der Waals surface area contributed by atoms with Gasteiger partial charge in [-0.1, -0.05) is 6.42 Å². The topological polar surface area (TPSA) is 35.5 Å². The second-order valence-corrected chi connectivity index (χ2v) is 4.45. The van der Waals surface area contributed by atoms with Crippen molar-refractivity contribution in [1.82, 2.24) is 0 Å². The number of carbonyl (C=O) groups is 1. The summed E-state index contributed by atoms with van der Waals surface area (Å²) in [5.74, 6) is 1.19. The van der Waals surface area contributed by atoms with Gasteiger partial charge in [0.2, 0.25) is 0 Å². The molecule has 0 unspecified atom stereocenters. The smallest absolute Gasteiger partial charge is 0.312 e. The highest BCUT2D eigenvalue weighted by Crippen LogP contribution is 2.62. The minimum Gasteiger partial charge on any atom is -0.462 e. The molecule has 0 bridgehead atoms. The summed E-state index contributed by atoms with van der Waals surface area (Å²) >= 11 is 0. The molecule has 3 nitrogen and oxygen atoms in total. The third-order valence-electron chi connectivity index (χ3n) is 4.23. The quantitative estimate of drug-likeness (QED) is 0.567. The summed E-state index contributed by atoms with van der Waals surface area (Å²) in [7, 11) is 1.71. The molecule has 3 rings (SSSR count). The zero-order valence-electron chi connectivity index (χ0n) is 7.79. The van der Waals surface area contributed by atoms with E-state index in [0.717, 1.165) is 0 Å². The van der Waals surface area contributed by atoms with Crippen molar-refractivity contribution < 1.29 is 14.3 Å². The first-order valence-electron chi connectivity index (χ1n) is 5.01. The van der Waals surface area contributed by atoms with Crippen LogP contribution < -0.4 is 0 Å². The molecule has 3 fully saturated rings. The van der Waals surface area contributed by atoms with E-state index < -0.39 is 0 Å². The van der Waals surface area contributed by atoms with Crippen LogP contribution in [0.25, 0.3) is 0 Å². The van der Waals surface area contributed by atoms with Crippen LogP contribution in [0.15, 0.2) is 0 Å². The van der Waals surface area contributed by atoms with Crippen molar-refractivity contribution in [1.29, 1.82) is 0 Å². The van der Waals surface area contributed by atoms with E-state index in [1.807, 2.05) is 0 Å². The Balaban J connectivity index is 1.96. The van der Waals surface area contributed by atoms with Gasteiger partial charge in [-0.25, -0.2) is 0 Å². The lowest BCUT2D eigenvalue weighted by atomic mass is 9.56. The van der Waals surface area contributed by atoms with Gasteiger partial charge in [-0.3, -0.25) is 4.79 Å². The van der Waals surface area contributed by atoms with Crippen LogP contribution in [0.1, 0.15) is 19.3 Å². The van der Waals surface area contributed by atoms with Crippen molar-refractivity contribution >= 4 is 5.97 Å². The van der Waals surface area contributed by atoms with Gasteiger partial charge in [0, 0.05) is 7.11 Å². The van der Waals surface area contributed by atoms with Crippen LogP contribution in [0.4, 0.5) is 0 Å². The average Bonchev–Trinajstić information content (AvgIpc) is 2.61. The number of carbonyl (C=O) groups excluding carboxylic acids is 1. The first-order valence-corrected chi connectivity index (χ1v) is 5.01. The summed E-state index contributed by atoms with van der Waals surface area (Å²) in [6.07, 6.45) is 3.66. The lowest BCUT2D eigenvalue weighted by Crippen LogP contribution is -2.61. The van der Waals surface area contributed by atoms with Crippen molar-refractivity contribution in [3.05, 3.63) is 0 Å². The van der Waals surface area contributed by atoms with E-state index in [9.17, 15) is 4.79 Å². The van der Waals surface area contributed by atoms with Gasteiger partial charge in [-0.15, -0.1) is 0 Å². The summed E-state index contributed by atoms with van der Waals surface area (Å²) in [6.45, 7) is 0.494. The van der Waals surface area contributed by atoms with E-state index in [2.05, 4.69) is 0 Å². The molecule has 0 N–H and O–H groups in total. The molecule has 0 aromatic heterocycles. The number of esters is 1. The molecule has 1 heterocycles. The summed E-state index contributed by atoms with van der Waals surface area (Å²) in [5.41, 5.74) is -0.224. The molecule has 0 aromatic carbocycles. The van der Waals surface area contributed by atoms with Gasteiger partial charge in [0.05, 0.1) is 5.92 Å². The summed E-state index contributed by atoms with van der Waals surface area (Å²) < 4.78 is 10.6. The van der Waals surface area contributed by atoms with E-state index >= 15 is 0 Å². The van der Waals surface area contributed by atoms with E-state index in [-0.39, 0.29) is 17.5 Å². The van der Waals surface area contributed by atoms with Gasteiger partial charge < -0.3 is 9.47 Å². The van der Waals surface area contributed by atoms with Crippen LogP contribution in [0.5, 0.6) is 0 Å². The van der Waals surface area contributed by atoms with E-state index in [1.165, 1.54) is 19.3 Å². The first-order chi connectivity index (χ1) is 6.29. The molecule has 3 heteroatoms. The molecule has 2 aliphatic carbocycles. The molecule has 2 saturated carbocycles. The molecular weight excluding hydrogens is 168 g/mol. The fourth-order valence-corrected chi connectivity index (χ4v) is 3.65. The molecule has 1 aliphatic heterocycles. The number of rotatable bonds is 1. The van der Waals surface area contributed by atoms with Crippen LogP contribution in [0, 0.1) is 17.8 Å². The molecule has 3 aliphatic rings. The molecule has 0 amide bonds. The Morgan fingerprint density at radius 2 is 2.38 bits per heavy atom. The normalized spacial score (nSPS) is 52.4. The number of hydrogen-bond donors (Lipinski definition) is 0. The fraction of sp³-hybridized carbons (Fsp3) is 0.900. The monoisotopic (exact) mass is 182 g/mol. The third kappa shape index (κ3) is 0.688. The standard InChI is InChI=1S/C10H14O3/c1-12-10-5-13-9(11)8(10)6-3-2-4-7(6)10/h6-8H,2-5H2,1H3/t6-,7+,8-,10+/m0/s1. The Labute approximate surface area is 77.4 Å². The first kappa shape index (κ1) is 7.80. The summed E-state index contributed by atoms with van der Waals surface area (Å²) in [6, 6.07) is 0. The molecule has 72 valence electrons. The highest BCUT2D eigenvalue weighted by atomic mass is 16.6. The Hall–Kier alpha value is -0.570. The van der Waals surface area contributed by atoms with Gasteiger partial charge in [-0.05, 0) is 24.7 Å². The van der Waals surface area contributed by atoms with E-state index in [1.54, 1.807) is 7.11 Å². The average molecular weight is 182 g/mol. The summed E-state index contributed by atoms with van der Waals surface area (Å²) in [4.78, 5) is 11.4. The SMILES string of the molecule is CO[C@@]12COC(=O)[C@@H]1[C@H]1CCC[C@H]12. The van der Waals surface area contributed by atoms with Crippen LogP contribution in [0.3, 0.4) is 0 Å². The Kier molecular flexibility index (Phi) is 1.36. The van der Waals surface area contributed by atoms with Crippen LogP contribution >= 0.6 is 0 Å². The molecule has 13 heavy (non-hydrogen) atoms. The van der Waals surface area contributed by atoms with E-state index in [0.29, 0.717) is 18.4 Å². The van der Waals surface area contributed by atoms with Crippen LogP contribution in [-0.2, 0) is 14.3 Å². The third-order valence-corrected chi connectivity index (χ3v) is 4.23. The minimum absolute atomic E-state index is 0.0231. The van der Waals surface area contributed by atoms with Gasteiger partial charge >= 0.3 is 5.97 Å². The Morgan fingerprint density at radius 1 is 1.54 bits per heavy atom. The van der Waals surface area contributed by atoms with Gasteiger partial charge in [0.15, 0.2) is 0 Å². The predicted molar refractivity (Wildman–Crippen MR) is 45.0 cm³/mol. The fourth-order valence-electron chi connectivity index (χ4n) is 3.65. The van der Waals surface area contributed by atoms with Crippen LogP contribution in [-0.4, -0.2) is 25.3 Å². The number of fused-ring (bicyclic) bond motifs is 4. The number of methoxy groups -OCH3 is 1. The zero-order valence-corrected chi connectivity index (χ0v) is 7.79. The Bertz CT molecular complexity index is 263. The lowest BCUT2D eigenvalue weighted by molar-refractivity contribution is -0.183. The Morgan fingerprint density at radius 3 is 3.15 bits per heavy atom. The van der Waals surface area contributed by atoms with Gasteiger partial charge in [-0.2, -0.15) is 0 Å². The van der Waals surface area contributed by atoms with Crippen molar-refractivity contribution in [3.63, 3.8) is 0 Å². The molecule has 1 saturated heterocycles. The highest BCUT2D eigenvalue weighted by Gasteiger charge is 2.70. The van der Waals surface area contributed by atoms with Gasteiger partial charge in [0.25, 0.3) is 0 Å². The predicted octanol–water partition coefficient (Wildman–Crippen LogP) is 0.974. The number of ether oxygens (including phenoxy) is 2. The van der Waals surface area contributed by atoms with Gasteiger partial charge in [0.1, 0.15) is 12.2 Å². The summed E-state index contributed by atoms with van der Waals surface area (Å²) in [5, 5.41) is 0. The molecule has 0 radical (unpaired) electrons. The van der Waals surface area contributed by atoms with Crippen LogP contribution in [0.2, 0.25) is 0 Å². The lowest BCUT2D eigenvalue weighted by Gasteiger charge is -2.51. The second-order valence-electron chi connectivity index (χ2n) is 4.45. The number of cyclic esters (lactones) is 1. The van der Waals surface area contributed by atoms with E-state index in [4.69, 9.17) is 9.47 Å². The number of hydrogen-bond acceptors (Lipinski definition) is 3. The molecular formula is C10H14O3. The second kappa shape index (κ2) is 2.27. The zero-order chi connectivity index (χ0) is 9.05. The highest BCUT2D eigenvalue weighted by molar-refractivity contribution is 5.79. The minimum atomic E-state index is -0.224. The molecule has 0 spiro atoms. The maximum atomic E-state index is 11.4. The maximum absolute atomic E-state index is 11.4. The van der Waals surface area contributed by atoms with Crippen molar-refractivity contribution in [2.24, 2.45) is 17.8 Å². The largest absolute Gasteiger partial charge is 0.462 e. The van der Waals surface area contributed by atoms with Crippen molar-refractivity contribution in [3.8, 4) is 0 Å². The maximum Gasteiger partial charge on any atom is 0.312 e. The molecule has 4 atom stereocenters. The van der Waals surface area contributed by atoms with Crippen molar-refractivity contribution in [2.45, 2.75) is 24.9 Å².